The molecule has 0 aliphatic rings. The predicted molar refractivity (Wildman–Crippen MR) is 83.0 cm³/mol. The summed E-state index contributed by atoms with van der Waals surface area (Å²) in [5, 5.41) is 13.7. The SMILES string of the molecule is CNCCCc1nnc(-c2ccc(Br)cc2Br)s1. The van der Waals surface area contributed by atoms with Crippen LogP contribution in [0.1, 0.15) is 11.4 Å². The summed E-state index contributed by atoms with van der Waals surface area (Å²) in [6, 6.07) is 6.09. The first-order chi connectivity index (χ1) is 8.70. The van der Waals surface area contributed by atoms with Crippen LogP contribution in [0, 0.1) is 0 Å². The summed E-state index contributed by atoms with van der Waals surface area (Å²) < 4.78 is 2.09. The monoisotopic (exact) mass is 389 g/mol. The van der Waals surface area contributed by atoms with E-state index in [0.717, 1.165) is 43.9 Å². The van der Waals surface area contributed by atoms with Gasteiger partial charge in [-0.3, -0.25) is 0 Å². The third-order valence-corrected chi connectivity index (χ3v) is 4.61. The molecule has 3 nitrogen and oxygen atoms in total. The Bertz CT molecular complexity index is 528. The van der Waals surface area contributed by atoms with Crippen molar-refractivity contribution in [3.8, 4) is 10.6 Å². The van der Waals surface area contributed by atoms with Crippen molar-refractivity contribution >= 4 is 43.2 Å². The zero-order chi connectivity index (χ0) is 13.0. The normalized spacial score (nSPS) is 10.8. The molecule has 1 N–H and O–H groups in total. The van der Waals surface area contributed by atoms with Gasteiger partial charge in [-0.05, 0) is 38.2 Å². The van der Waals surface area contributed by atoms with Gasteiger partial charge in [0, 0.05) is 20.9 Å². The highest BCUT2D eigenvalue weighted by Crippen LogP contribution is 2.32. The number of hydrogen-bond donors (Lipinski definition) is 1. The van der Waals surface area contributed by atoms with Gasteiger partial charge in [-0.1, -0.05) is 43.2 Å². The molecule has 0 saturated heterocycles. The van der Waals surface area contributed by atoms with Crippen LogP contribution in [0.15, 0.2) is 27.1 Å². The molecule has 1 heterocycles. The number of benzene rings is 1. The summed E-state index contributed by atoms with van der Waals surface area (Å²) in [4.78, 5) is 0. The van der Waals surface area contributed by atoms with E-state index >= 15 is 0 Å². The standard InChI is InChI=1S/C12H13Br2N3S/c1-15-6-2-3-11-16-17-12(18-11)9-5-4-8(13)7-10(9)14/h4-5,7,15H,2-3,6H2,1H3. The minimum absolute atomic E-state index is 0.967. The summed E-state index contributed by atoms with van der Waals surface area (Å²) in [6.07, 6.45) is 2.07. The van der Waals surface area contributed by atoms with Gasteiger partial charge in [0.2, 0.25) is 0 Å². The van der Waals surface area contributed by atoms with Gasteiger partial charge in [-0.25, -0.2) is 0 Å². The fourth-order valence-corrected chi connectivity index (χ4v) is 3.83. The van der Waals surface area contributed by atoms with Crippen LogP contribution < -0.4 is 5.32 Å². The van der Waals surface area contributed by atoms with E-state index in [-0.39, 0.29) is 0 Å². The number of nitrogens with one attached hydrogen (secondary N) is 1. The maximum absolute atomic E-state index is 4.26. The molecule has 2 aromatic rings. The number of aromatic nitrogens is 2. The number of halogens is 2. The first-order valence-corrected chi connectivity index (χ1v) is 8.03. The maximum Gasteiger partial charge on any atom is 0.148 e. The molecule has 1 aromatic heterocycles. The molecule has 0 aliphatic carbocycles. The quantitative estimate of drug-likeness (QED) is 0.787. The van der Waals surface area contributed by atoms with Crippen molar-refractivity contribution in [1.29, 1.82) is 0 Å². The van der Waals surface area contributed by atoms with Crippen molar-refractivity contribution in [3.05, 3.63) is 32.2 Å². The third-order valence-electron chi connectivity index (χ3n) is 2.45. The van der Waals surface area contributed by atoms with Crippen molar-refractivity contribution in [2.75, 3.05) is 13.6 Å². The molecule has 2 rings (SSSR count). The van der Waals surface area contributed by atoms with E-state index in [1.165, 1.54) is 0 Å². The Labute approximate surface area is 127 Å². The van der Waals surface area contributed by atoms with E-state index in [9.17, 15) is 0 Å². The van der Waals surface area contributed by atoms with Crippen LogP contribution in [0.5, 0.6) is 0 Å². The molecular weight excluding hydrogens is 378 g/mol. The lowest BCUT2D eigenvalue weighted by molar-refractivity contribution is 0.718. The Balaban J connectivity index is 2.13. The van der Waals surface area contributed by atoms with Crippen LogP contribution >= 0.6 is 43.2 Å². The zero-order valence-electron chi connectivity index (χ0n) is 9.91. The van der Waals surface area contributed by atoms with Crippen molar-refractivity contribution < 1.29 is 0 Å². The highest BCUT2D eigenvalue weighted by atomic mass is 79.9. The van der Waals surface area contributed by atoms with Crippen molar-refractivity contribution in [1.82, 2.24) is 15.5 Å². The molecule has 0 atom stereocenters. The molecule has 0 amide bonds. The molecule has 18 heavy (non-hydrogen) atoms. The molecule has 6 heteroatoms. The Morgan fingerprint density at radius 2 is 2.11 bits per heavy atom. The second-order valence-electron chi connectivity index (χ2n) is 3.83. The van der Waals surface area contributed by atoms with Gasteiger partial charge in [0.05, 0.1) is 0 Å². The van der Waals surface area contributed by atoms with Crippen LogP contribution in [0.3, 0.4) is 0 Å². The van der Waals surface area contributed by atoms with Crippen LogP contribution in [0.2, 0.25) is 0 Å². The lowest BCUT2D eigenvalue weighted by Crippen LogP contribution is -2.08. The first kappa shape index (κ1) is 14.1. The number of nitrogens with zero attached hydrogens (tertiary/aromatic N) is 2. The Kier molecular flexibility index (Phi) is 5.29. The maximum atomic E-state index is 4.26. The van der Waals surface area contributed by atoms with Crippen LogP contribution in [-0.4, -0.2) is 23.8 Å². The summed E-state index contributed by atoms with van der Waals surface area (Å²) in [5.41, 5.74) is 1.09. The molecule has 0 radical (unpaired) electrons. The molecule has 0 bridgehead atoms. The van der Waals surface area contributed by atoms with E-state index < -0.39 is 0 Å². The van der Waals surface area contributed by atoms with Crippen molar-refractivity contribution in [3.63, 3.8) is 0 Å². The summed E-state index contributed by atoms with van der Waals surface area (Å²) in [7, 11) is 1.96. The van der Waals surface area contributed by atoms with Crippen molar-refractivity contribution in [2.45, 2.75) is 12.8 Å². The minimum atomic E-state index is 0.967. The van der Waals surface area contributed by atoms with Gasteiger partial charge in [0.1, 0.15) is 10.0 Å². The predicted octanol–water partition coefficient (Wildman–Crippen LogP) is 3.88. The van der Waals surface area contributed by atoms with E-state index in [1.54, 1.807) is 11.3 Å². The van der Waals surface area contributed by atoms with E-state index in [1.807, 2.05) is 25.2 Å². The van der Waals surface area contributed by atoms with Crippen LogP contribution in [0.25, 0.3) is 10.6 Å². The zero-order valence-corrected chi connectivity index (χ0v) is 13.9. The first-order valence-electron chi connectivity index (χ1n) is 5.63. The largest absolute Gasteiger partial charge is 0.320 e. The van der Waals surface area contributed by atoms with Crippen LogP contribution in [0.4, 0.5) is 0 Å². The van der Waals surface area contributed by atoms with E-state index in [2.05, 4.69) is 47.4 Å². The number of aryl methyl sites for hydroxylation is 1. The third kappa shape index (κ3) is 3.60. The topological polar surface area (TPSA) is 37.8 Å². The van der Waals surface area contributed by atoms with Gasteiger partial charge < -0.3 is 5.32 Å². The van der Waals surface area contributed by atoms with Gasteiger partial charge in [-0.2, -0.15) is 0 Å². The lowest BCUT2D eigenvalue weighted by atomic mass is 10.2. The number of hydrogen-bond acceptors (Lipinski definition) is 4. The van der Waals surface area contributed by atoms with Crippen LogP contribution in [-0.2, 0) is 6.42 Å². The molecule has 1 aromatic carbocycles. The summed E-state index contributed by atoms with van der Waals surface area (Å²) in [6.45, 7) is 1.01. The molecule has 0 fully saturated rings. The average Bonchev–Trinajstić information content (AvgIpc) is 2.78. The Morgan fingerprint density at radius 1 is 1.28 bits per heavy atom. The highest BCUT2D eigenvalue weighted by molar-refractivity contribution is 9.11. The van der Waals surface area contributed by atoms with Crippen molar-refractivity contribution in [2.24, 2.45) is 0 Å². The Hall–Kier alpha value is -0.300. The van der Waals surface area contributed by atoms with Gasteiger partial charge in [-0.15, -0.1) is 10.2 Å². The number of rotatable bonds is 5. The Morgan fingerprint density at radius 3 is 2.83 bits per heavy atom. The fraction of sp³-hybridized carbons (Fsp3) is 0.333. The lowest BCUT2D eigenvalue weighted by Gasteiger charge is -1.99. The fourth-order valence-electron chi connectivity index (χ4n) is 1.54. The molecule has 0 saturated carbocycles. The van der Waals surface area contributed by atoms with Gasteiger partial charge in [0.25, 0.3) is 0 Å². The average molecular weight is 391 g/mol. The molecule has 0 spiro atoms. The minimum Gasteiger partial charge on any atom is -0.320 e. The summed E-state index contributed by atoms with van der Waals surface area (Å²) >= 11 is 8.66. The summed E-state index contributed by atoms with van der Waals surface area (Å²) in [5.74, 6) is 0. The molecular formula is C12H13Br2N3S. The van der Waals surface area contributed by atoms with E-state index in [0.29, 0.717) is 0 Å². The molecule has 0 unspecified atom stereocenters. The second-order valence-corrected chi connectivity index (χ2v) is 6.66. The highest BCUT2D eigenvalue weighted by Gasteiger charge is 2.09. The van der Waals surface area contributed by atoms with E-state index in [4.69, 9.17) is 0 Å². The van der Waals surface area contributed by atoms with Gasteiger partial charge in [0.15, 0.2) is 0 Å². The van der Waals surface area contributed by atoms with Gasteiger partial charge >= 0.3 is 0 Å². The smallest absolute Gasteiger partial charge is 0.148 e. The second kappa shape index (κ2) is 6.75. The molecule has 96 valence electrons. The molecule has 0 aliphatic heterocycles.